The van der Waals surface area contributed by atoms with Crippen molar-refractivity contribution in [1.82, 2.24) is 4.57 Å². The van der Waals surface area contributed by atoms with Crippen LogP contribution in [0.25, 0.3) is 6.08 Å². The molecule has 0 saturated heterocycles. The highest BCUT2D eigenvalue weighted by Crippen LogP contribution is 2.28. The molecule has 5 nitrogen and oxygen atoms in total. The minimum absolute atomic E-state index is 0.311. The zero-order chi connectivity index (χ0) is 16.7. The van der Waals surface area contributed by atoms with Crippen molar-refractivity contribution in [3.63, 3.8) is 0 Å². The second-order valence-electron chi connectivity index (χ2n) is 4.59. The van der Waals surface area contributed by atoms with Crippen LogP contribution in [0.3, 0.4) is 0 Å². The zero-order valence-electron chi connectivity index (χ0n) is 13.1. The molecule has 2 rings (SSSR count). The summed E-state index contributed by atoms with van der Waals surface area (Å²) in [5.41, 5.74) is 0.826. The fourth-order valence-electron chi connectivity index (χ4n) is 1.79. The Morgan fingerprint density at radius 1 is 1.43 bits per heavy atom. The number of ether oxygens (including phenoxy) is 2. The minimum atomic E-state index is -0.311. The maximum atomic E-state index is 11.9. The van der Waals surface area contributed by atoms with Gasteiger partial charge in [-0.2, -0.15) is 4.99 Å². The summed E-state index contributed by atoms with van der Waals surface area (Å²) in [5, 5.41) is 1.88. The number of benzene rings is 1. The van der Waals surface area contributed by atoms with Crippen molar-refractivity contribution in [2.45, 2.75) is 0 Å². The van der Waals surface area contributed by atoms with Crippen LogP contribution >= 0.6 is 11.3 Å². The first-order valence-electron chi connectivity index (χ1n) is 6.92. The second kappa shape index (κ2) is 8.14. The van der Waals surface area contributed by atoms with E-state index in [1.165, 1.54) is 17.4 Å². The van der Waals surface area contributed by atoms with E-state index in [1.807, 2.05) is 24.7 Å². The molecule has 0 N–H and O–H groups in total. The monoisotopic (exact) mass is 330 g/mol. The quantitative estimate of drug-likeness (QED) is 0.604. The van der Waals surface area contributed by atoms with Gasteiger partial charge in [-0.25, -0.2) is 0 Å². The fraction of sp³-hybridized carbons (Fsp3) is 0.176. The van der Waals surface area contributed by atoms with Crippen LogP contribution in [0.15, 0.2) is 53.5 Å². The maximum absolute atomic E-state index is 11.9. The van der Waals surface area contributed by atoms with Crippen LogP contribution in [-0.2, 0) is 11.8 Å². The number of carbonyl (C=O) groups is 1. The smallest absolute Gasteiger partial charge is 0.272 e. The molecule has 1 amide bonds. The van der Waals surface area contributed by atoms with E-state index in [0.29, 0.717) is 22.9 Å². The topological polar surface area (TPSA) is 52.8 Å². The van der Waals surface area contributed by atoms with E-state index in [4.69, 9.17) is 9.47 Å². The van der Waals surface area contributed by atoms with Gasteiger partial charge in [0.25, 0.3) is 5.91 Å². The van der Waals surface area contributed by atoms with Crippen LogP contribution in [-0.4, -0.2) is 24.2 Å². The highest BCUT2D eigenvalue weighted by Gasteiger charge is 2.04. The summed E-state index contributed by atoms with van der Waals surface area (Å²) in [5.74, 6) is 0.920. The Morgan fingerprint density at radius 2 is 2.26 bits per heavy atom. The summed E-state index contributed by atoms with van der Waals surface area (Å²) in [6, 6.07) is 5.44. The first-order valence-corrected chi connectivity index (χ1v) is 7.80. The molecule has 0 fully saturated rings. The number of methoxy groups -OCH3 is 1. The molecule has 23 heavy (non-hydrogen) atoms. The molecule has 0 aliphatic rings. The predicted octanol–water partition coefficient (Wildman–Crippen LogP) is 2.80. The van der Waals surface area contributed by atoms with Crippen molar-refractivity contribution in [3.05, 3.63) is 58.9 Å². The summed E-state index contributed by atoms with van der Waals surface area (Å²) in [7, 11) is 3.42. The van der Waals surface area contributed by atoms with E-state index in [2.05, 4.69) is 11.6 Å². The van der Waals surface area contributed by atoms with Crippen molar-refractivity contribution in [2.24, 2.45) is 12.0 Å². The number of thiazole rings is 1. The van der Waals surface area contributed by atoms with E-state index < -0.39 is 0 Å². The molecule has 6 heteroatoms. The largest absolute Gasteiger partial charge is 0.493 e. The Bertz CT molecular complexity index is 787. The number of hydrogen-bond donors (Lipinski definition) is 0. The Morgan fingerprint density at radius 3 is 2.91 bits per heavy atom. The summed E-state index contributed by atoms with van der Waals surface area (Å²) >= 11 is 1.41. The van der Waals surface area contributed by atoms with Crippen molar-refractivity contribution in [2.75, 3.05) is 13.7 Å². The lowest BCUT2D eigenvalue weighted by Gasteiger charge is -2.09. The molecule has 0 aliphatic heterocycles. The van der Waals surface area contributed by atoms with Crippen molar-refractivity contribution in [3.8, 4) is 11.5 Å². The van der Waals surface area contributed by atoms with Gasteiger partial charge in [-0.05, 0) is 23.8 Å². The first-order chi connectivity index (χ1) is 11.1. The molecule has 1 heterocycles. The predicted molar refractivity (Wildman–Crippen MR) is 91.6 cm³/mol. The Hall–Kier alpha value is -2.60. The van der Waals surface area contributed by atoms with E-state index >= 15 is 0 Å². The van der Waals surface area contributed by atoms with Crippen molar-refractivity contribution in [1.29, 1.82) is 0 Å². The third-order valence-corrected chi connectivity index (χ3v) is 3.78. The lowest BCUT2D eigenvalue weighted by molar-refractivity contribution is -0.113. The Balaban J connectivity index is 2.15. The van der Waals surface area contributed by atoms with E-state index in [-0.39, 0.29) is 5.91 Å². The van der Waals surface area contributed by atoms with Gasteiger partial charge in [0, 0.05) is 24.7 Å². The third kappa shape index (κ3) is 4.69. The molecule has 2 aromatic rings. The number of rotatable bonds is 6. The molecular weight excluding hydrogens is 312 g/mol. The average Bonchev–Trinajstić information content (AvgIpc) is 2.96. The lowest BCUT2D eigenvalue weighted by Crippen LogP contribution is -2.11. The molecule has 120 valence electrons. The summed E-state index contributed by atoms with van der Waals surface area (Å²) in [6.07, 6.45) is 6.64. The molecule has 0 unspecified atom stereocenters. The molecule has 0 aliphatic carbocycles. The van der Waals surface area contributed by atoms with Gasteiger partial charge in [-0.3, -0.25) is 4.79 Å². The highest BCUT2D eigenvalue weighted by atomic mass is 32.1. The second-order valence-corrected chi connectivity index (χ2v) is 5.46. The molecule has 0 spiro atoms. The van der Waals surface area contributed by atoms with Crippen molar-refractivity contribution >= 4 is 23.3 Å². The van der Waals surface area contributed by atoms with Crippen LogP contribution in [0.4, 0.5) is 0 Å². The van der Waals surface area contributed by atoms with Gasteiger partial charge in [0.05, 0.1) is 7.11 Å². The van der Waals surface area contributed by atoms with Gasteiger partial charge < -0.3 is 14.0 Å². The third-order valence-electron chi connectivity index (χ3n) is 2.93. The van der Waals surface area contributed by atoms with Crippen LogP contribution < -0.4 is 14.3 Å². The van der Waals surface area contributed by atoms with Gasteiger partial charge in [0.2, 0.25) is 0 Å². The standard InChI is InChI=1S/C17H18N2O3S/c1-4-10-22-14-7-5-13(12-15(14)21-3)6-8-16(20)18-17-19(2)9-11-23-17/h4-9,11-12H,1,10H2,2-3H3/b8-6+,18-17?. The zero-order valence-corrected chi connectivity index (χ0v) is 13.9. The molecule has 0 bridgehead atoms. The Kier molecular flexibility index (Phi) is 5.94. The van der Waals surface area contributed by atoms with Gasteiger partial charge in [-0.1, -0.05) is 18.7 Å². The SMILES string of the molecule is C=CCOc1ccc(/C=C/C(=O)N=c2sccn2C)cc1OC. The first kappa shape index (κ1) is 16.8. The summed E-state index contributed by atoms with van der Waals surface area (Å²) < 4.78 is 12.6. The average molecular weight is 330 g/mol. The van der Waals surface area contributed by atoms with E-state index in [1.54, 1.807) is 36.0 Å². The minimum Gasteiger partial charge on any atom is -0.493 e. The number of carbonyl (C=O) groups excluding carboxylic acids is 1. The molecular formula is C17H18N2O3S. The molecule has 1 aromatic heterocycles. The molecule has 0 saturated carbocycles. The van der Waals surface area contributed by atoms with E-state index in [9.17, 15) is 4.79 Å². The van der Waals surface area contributed by atoms with Gasteiger partial charge in [0.15, 0.2) is 16.3 Å². The number of amides is 1. The van der Waals surface area contributed by atoms with Gasteiger partial charge in [0.1, 0.15) is 6.61 Å². The number of hydrogen-bond acceptors (Lipinski definition) is 4. The summed E-state index contributed by atoms with van der Waals surface area (Å²) in [6.45, 7) is 4.01. The number of aromatic nitrogens is 1. The van der Waals surface area contributed by atoms with Gasteiger partial charge >= 0.3 is 0 Å². The van der Waals surface area contributed by atoms with E-state index in [0.717, 1.165) is 5.56 Å². The number of nitrogens with zero attached hydrogens (tertiary/aromatic N) is 2. The Labute approximate surface area is 138 Å². The highest BCUT2D eigenvalue weighted by molar-refractivity contribution is 7.07. The van der Waals surface area contributed by atoms with Crippen LogP contribution in [0.5, 0.6) is 11.5 Å². The summed E-state index contributed by atoms with van der Waals surface area (Å²) in [4.78, 5) is 16.6. The molecule has 0 atom stereocenters. The van der Waals surface area contributed by atoms with Crippen LogP contribution in [0.2, 0.25) is 0 Å². The molecule has 1 aromatic carbocycles. The van der Waals surface area contributed by atoms with Crippen LogP contribution in [0, 0.1) is 0 Å². The van der Waals surface area contributed by atoms with Crippen molar-refractivity contribution < 1.29 is 14.3 Å². The normalized spacial score (nSPS) is 11.7. The van der Waals surface area contributed by atoms with Gasteiger partial charge in [-0.15, -0.1) is 11.3 Å². The molecule has 0 radical (unpaired) electrons. The maximum Gasteiger partial charge on any atom is 0.272 e. The van der Waals surface area contributed by atoms with Crippen LogP contribution in [0.1, 0.15) is 5.56 Å². The fourth-order valence-corrected chi connectivity index (χ4v) is 2.52. The lowest BCUT2D eigenvalue weighted by atomic mass is 10.2. The number of aryl methyl sites for hydroxylation is 1.